The first-order valence-corrected chi connectivity index (χ1v) is 9.05. The van der Waals surface area contributed by atoms with Crippen molar-refractivity contribution in [3.8, 4) is 11.4 Å². The van der Waals surface area contributed by atoms with Crippen molar-refractivity contribution in [1.29, 1.82) is 0 Å². The Hall–Kier alpha value is -3.03. The summed E-state index contributed by atoms with van der Waals surface area (Å²) < 4.78 is 19.0. The third-order valence-corrected chi connectivity index (χ3v) is 4.82. The molecule has 1 amide bonds. The van der Waals surface area contributed by atoms with E-state index in [-0.39, 0.29) is 29.6 Å². The summed E-state index contributed by atoms with van der Waals surface area (Å²) in [5.41, 5.74) is 0.288. The van der Waals surface area contributed by atoms with Crippen LogP contribution in [0.15, 0.2) is 41.2 Å². The monoisotopic (exact) mass is 369 g/mol. The maximum Gasteiger partial charge on any atom is 0.227 e. The zero-order valence-corrected chi connectivity index (χ0v) is 14.8. The molecule has 1 atom stereocenters. The largest absolute Gasteiger partial charge is 0.348 e. The van der Waals surface area contributed by atoms with Gasteiger partial charge in [-0.1, -0.05) is 17.3 Å². The quantitative estimate of drug-likeness (QED) is 0.747. The Labute approximate surface area is 155 Å². The molecule has 1 aromatic carbocycles. The highest BCUT2D eigenvalue weighted by Gasteiger charge is 2.26. The van der Waals surface area contributed by atoms with Crippen LogP contribution in [0.3, 0.4) is 0 Å². The molecule has 1 N–H and O–H groups in total. The number of hydrogen-bond donors (Lipinski definition) is 1. The van der Waals surface area contributed by atoms with Gasteiger partial charge in [-0.3, -0.25) is 4.79 Å². The number of aryl methyl sites for hydroxylation is 1. The molecule has 1 aliphatic rings. The summed E-state index contributed by atoms with van der Waals surface area (Å²) >= 11 is 0. The number of amides is 1. The van der Waals surface area contributed by atoms with Crippen LogP contribution in [0.1, 0.15) is 36.9 Å². The molecule has 1 saturated heterocycles. The van der Waals surface area contributed by atoms with Gasteiger partial charge in [-0.05, 0) is 25.0 Å². The first-order valence-electron chi connectivity index (χ1n) is 9.05. The normalized spacial score (nSPS) is 17.2. The van der Waals surface area contributed by atoms with Crippen LogP contribution in [0.5, 0.6) is 0 Å². The van der Waals surface area contributed by atoms with E-state index in [1.165, 1.54) is 6.07 Å². The predicted molar refractivity (Wildman–Crippen MR) is 95.2 cm³/mol. The third-order valence-electron chi connectivity index (χ3n) is 4.82. The van der Waals surface area contributed by atoms with Gasteiger partial charge in [0.1, 0.15) is 11.6 Å². The maximum atomic E-state index is 13.8. The molecule has 0 aliphatic carbocycles. The van der Waals surface area contributed by atoms with Crippen LogP contribution in [-0.4, -0.2) is 44.0 Å². The van der Waals surface area contributed by atoms with Crippen LogP contribution >= 0.6 is 0 Å². The van der Waals surface area contributed by atoms with Crippen molar-refractivity contribution in [3.63, 3.8) is 0 Å². The van der Waals surface area contributed by atoms with E-state index in [4.69, 9.17) is 4.52 Å². The van der Waals surface area contributed by atoms with E-state index in [0.29, 0.717) is 18.9 Å². The number of carbonyl (C=O) groups excluding carboxylic acids is 1. The molecule has 3 heterocycles. The molecule has 1 aliphatic heterocycles. The minimum atomic E-state index is -0.404. The number of piperidine rings is 1. The Morgan fingerprint density at radius 2 is 2.26 bits per heavy atom. The average molecular weight is 369 g/mol. The molecular weight excluding hydrogens is 349 g/mol. The lowest BCUT2D eigenvalue weighted by Crippen LogP contribution is -2.39. The summed E-state index contributed by atoms with van der Waals surface area (Å²) in [5.74, 6) is 1.36. The van der Waals surface area contributed by atoms with Gasteiger partial charge in [0.2, 0.25) is 17.6 Å². The van der Waals surface area contributed by atoms with Gasteiger partial charge in [0.25, 0.3) is 0 Å². The number of likely N-dealkylation sites (tertiary alicyclic amines) is 1. The van der Waals surface area contributed by atoms with Crippen LogP contribution in [0.25, 0.3) is 11.4 Å². The van der Waals surface area contributed by atoms with Crippen LogP contribution in [0.4, 0.5) is 4.39 Å². The van der Waals surface area contributed by atoms with Crippen LogP contribution in [0.2, 0.25) is 0 Å². The van der Waals surface area contributed by atoms with Gasteiger partial charge in [0, 0.05) is 44.2 Å². The van der Waals surface area contributed by atoms with Gasteiger partial charge >= 0.3 is 0 Å². The number of aromatic nitrogens is 4. The molecule has 0 unspecified atom stereocenters. The molecule has 0 radical (unpaired) electrons. The number of nitrogens with zero attached hydrogens (tertiary/aromatic N) is 4. The molecule has 3 aromatic rings. The van der Waals surface area contributed by atoms with E-state index in [2.05, 4.69) is 20.1 Å². The fourth-order valence-corrected chi connectivity index (χ4v) is 3.41. The second-order valence-corrected chi connectivity index (χ2v) is 6.64. The smallest absolute Gasteiger partial charge is 0.227 e. The molecule has 0 spiro atoms. The molecule has 140 valence electrons. The van der Waals surface area contributed by atoms with E-state index >= 15 is 0 Å². The third kappa shape index (κ3) is 3.89. The molecule has 27 heavy (non-hydrogen) atoms. The number of benzene rings is 1. The maximum absolute atomic E-state index is 13.8. The summed E-state index contributed by atoms with van der Waals surface area (Å²) in [6, 6.07) is 6.26. The number of imidazole rings is 1. The lowest BCUT2D eigenvalue weighted by Gasteiger charge is -2.31. The van der Waals surface area contributed by atoms with E-state index in [1.54, 1.807) is 30.6 Å². The van der Waals surface area contributed by atoms with Crippen LogP contribution in [-0.2, 0) is 11.2 Å². The van der Waals surface area contributed by atoms with E-state index in [9.17, 15) is 9.18 Å². The molecular formula is C19H20FN5O2. The summed E-state index contributed by atoms with van der Waals surface area (Å²) in [4.78, 5) is 26.1. The summed E-state index contributed by atoms with van der Waals surface area (Å²) in [6.45, 7) is 1.41. The standard InChI is InChI=1S/C19H20FN5O2/c20-15-6-2-1-5-14(15)19-23-16(27-24-19)7-8-17(26)25-11-3-4-13(12-25)18-21-9-10-22-18/h1-2,5-6,9-10,13H,3-4,7-8,11-12H2,(H,21,22)/t13-/m1/s1. The van der Waals surface area contributed by atoms with Gasteiger partial charge in [-0.2, -0.15) is 4.98 Å². The molecule has 8 heteroatoms. The van der Waals surface area contributed by atoms with E-state index in [0.717, 1.165) is 25.2 Å². The first-order chi connectivity index (χ1) is 13.2. The number of carbonyl (C=O) groups is 1. The van der Waals surface area contributed by atoms with Crippen LogP contribution < -0.4 is 0 Å². The Bertz CT molecular complexity index is 908. The van der Waals surface area contributed by atoms with Crippen molar-refractivity contribution in [2.75, 3.05) is 13.1 Å². The Morgan fingerprint density at radius 1 is 1.37 bits per heavy atom. The zero-order valence-electron chi connectivity index (χ0n) is 14.8. The molecule has 4 rings (SSSR count). The van der Waals surface area contributed by atoms with Gasteiger partial charge in [0.05, 0.1) is 5.56 Å². The molecule has 0 bridgehead atoms. The number of halogens is 1. The van der Waals surface area contributed by atoms with Gasteiger partial charge in [-0.25, -0.2) is 9.37 Å². The zero-order chi connectivity index (χ0) is 18.6. The van der Waals surface area contributed by atoms with Gasteiger partial charge in [0.15, 0.2) is 0 Å². The predicted octanol–water partition coefficient (Wildman–Crippen LogP) is 2.94. The van der Waals surface area contributed by atoms with Crippen molar-refractivity contribution in [2.24, 2.45) is 0 Å². The summed E-state index contributed by atoms with van der Waals surface area (Å²) in [7, 11) is 0. The van der Waals surface area contributed by atoms with Crippen molar-refractivity contribution in [2.45, 2.75) is 31.6 Å². The highest BCUT2D eigenvalue weighted by molar-refractivity contribution is 5.76. The minimum Gasteiger partial charge on any atom is -0.348 e. The molecule has 0 saturated carbocycles. The number of rotatable bonds is 5. The second-order valence-electron chi connectivity index (χ2n) is 6.64. The Morgan fingerprint density at radius 3 is 3.07 bits per heavy atom. The number of H-pyrrole nitrogens is 1. The van der Waals surface area contributed by atoms with Crippen molar-refractivity contribution >= 4 is 5.91 Å². The highest BCUT2D eigenvalue weighted by atomic mass is 19.1. The Kier molecular flexibility index (Phi) is 4.95. The van der Waals surface area contributed by atoms with E-state index < -0.39 is 5.82 Å². The van der Waals surface area contributed by atoms with Gasteiger partial charge in [-0.15, -0.1) is 0 Å². The average Bonchev–Trinajstić information content (AvgIpc) is 3.39. The Balaban J connectivity index is 1.35. The van der Waals surface area contributed by atoms with E-state index in [1.807, 2.05) is 4.90 Å². The number of nitrogens with one attached hydrogen (secondary N) is 1. The first kappa shape index (κ1) is 17.4. The van der Waals surface area contributed by atoms with Crippen molar-refractivity contribution in [1.82, 2.24) is 25.0 Å². The van der Waals surface area contributed by atoms with Crippen molar-refractivity contribution in [3.05, 3.63) is 54.2 Å². The lowest BCUT2D eigenvalue weighted by molar-refractivity contribution is -0.132. The lowest BCUT2D eigenvalue weighted by atomic mass is 9.97. The fraction of sp³-hybridized carbons (Fsp3) is 0.368. The minimum absolute atomic E-state index is 0.0527. The summed E-state index contributed by atoms with van der Waals surface area (Å²) in [6.07, 6.45) is 6.13. The van der Waals surface area contributed by atoms with Crippen LogP contribution in [0, 0.1) is 5.82 Å². The summed E-state index contributed by atoms with van der Waals surface area (Å²) in [5, 5.41) is 3.82. The SMILES string of the molecule is O=C(CCc1nc(-c2ccccc2F)no1)N1CCC[C@@H](c2ncc[nH]2)C1. The molecule has 2 aromatic heterocycles. The number of hydrogen-bond acceptors (Lipinski definition) is 5. The topological polar surface area (TPSA) is 87.9 Å². The van der Waals surface area contributed by atoms with Crippen molar-refractivity contribution < 1.29 is 13.7 Å². The second kappa shape index (κ2) is 7.69. The highest BCUT2D eigenvalue weighted by Crippen LogP contribution is 2.25. The number of aromatic amines is 1. The molecule has 7 nitrogen and oxygen atoms in total. The molecule has 1 fully saturated rings. The van der Waals surface area contributed by atoms with Gasteiger partial charge < -0.3 is 14.4 Å². The fourth-order valence-electron chi connectivity index (χ4n) is 3.41.